The molecule has 68 valence electrons. The largest absolute Gasteiger partial charge is 0.192 e. The predicted molar refractivity (Wildman–Crippen MR) is 57.2 cm³/mol. The van der Waals surface area contributed by atoms with Crippen molar-refractivity contribution in [1.29, 1.82) is 5.26 Å². The number of benzene rings is 1. The minimum absolute atomic E-state index is 0.385. The molecular formula is C10H10ClNS. The van der Waals surface area contributed by atoms with Crippen molar-refractivity contribution in [2.24, 2.45) is 0 Å². The number of nitrogens with zero attached hydrogens (tertiary/aromatic N) is 1. The van der Waals surface area contributed by atoms with E-state index in [1.165, 1.54) is 0 Å². The molecule has 0 heterocycles. The highest BCUT2D eigenvalue weighted by Crippen LogP contribution is 2.24. The van der Waals surface area contributed by atoms with Crippen LogP contribution in [-0.2, 0) is 0 Å². The van der Waals surface area contributed by atoms with Crippen LogP contribution in [0.15, 0.2) is 29.2 Å². The fraction of sp³-hybridized carbons (Fsp3) is 0.300. The maximum absolute atomic E-state index is 8.67. The van der Waals surface area contributed by atoms with E-state index in [1.807, 2.05) is 18.2 Å². The third kappa shape index (κ3) is 3.30. The second-order valence-electron chi connectivity index (χ2n) is 2.72. The second kappa shape index (κ2) is 5.16. The van der Waals surface area contributed by atoms with Crippen LogP contribution in [0.2, 0.25) is 0 Å². The van der Waals surface area contributed by atoms with Crippen LogP contribution < -0.4 is 0 Å². The molecule has 0 aliphatic heterocycles. The third-order valence-corrected chi connectivity index (χ3v) is 3.26. The van der Waals surface area contributed by atoms with Gasteiger partial charge in [-0.25, -0.2) is 0 Å². The Morgan fingerprint density at radius 2 is 2.38 bits per heavy atom. The van der Waals surface area contributed by atoms with Gasteiger partial charge in [-0.1, -0.05) is 13.0 Å². The van der Waals surface area contributed by atoms with Gasteiger partial charge in [-0.15, -0.1) is 23.4 Å². The Kier molecular flexibility index (Phi) is 4.14. The van der Waals surface area contributed by atoms with E-state index in [9.17, 15) is 0 Å². The Balaban J connectivity index is 2.73. The van der Waals surface area contributed by atoms with E-state index in [1.54, 1.807) is 17.8 Å². The molecule has 3 heteroatoms. The molecule has 0 saturated carbocycles. The number of rotatable bonds is 3. The van der Waals surface area contributed by atoms with Gasteiger partial charge in [0.2, 0.25) is 0 Å². The van der Waals surface area contributed by atoms with Gasteiger partial charge in [-0.3, -0.25) is 0 Å². The van der Waals surface area contributed by atoms with Crippen LogP contribution >= 0.6 is 23.4 Å². The topological polar surface area (TPSA) is 23.8 Å². The van der Waals surface area contributed by atoms with Crippen molar-refractivity contribution in [2.45, 2.75) is 17.1 Å². The van der Waals surface area contributed by atoms with E-state index in [-0.39, 0.29) is 0 Å². The number of alkyl halides is 1. The number of hydrogen-bond donors (Lipinski definition) is 0. The molecule has 1 aromatic carbocycles. The summed E-state index contributed by atoms with van der Waals surface area (Å²) in [5, 5.41) is 9.05. The molecule has 0 aromatic heterocycles. The Morgan fingerprint density at radius 1 is 1.62 bits per heavy atom. The fourth-order valence-corrected chi connectivity index (χ4v) is 1.97. The van der Waals surface area contributed by atoms with Gasteiger partial charge in [0.15, 0.2) is 0 Å². The number of thioether (sulfide) groups is 1. The van der Waals surface area contributed by atoms with E-state index in [0.29, 0.717) is 16.7 Å². The van der Waals surface area contributed by atoms with E-state index in [4.69, 9.17) is 16.9 Å². The van der Waals surface area contributed by atoms with Crippen molar-refractivity contribution in [2.75, 3.05) is 5.88 Å². The Hall–Kier alpha value is -0.650. The SMILES string of the molecule is CC(CCl)Sc1cccc(C#N)c1. The zero-order valence-electron chi connectivity index (χ0n) is 7.33. The van der Waals surface area contributed by atoms with Gasteiger partial charge in [0, 0.05) is 16.0 Å². The van der Waals surface area contributed by atoms with Crippen molar-refractivity contribution in [3.8, 4) is 6.07 Å². The van der Waals surface area contributed by atoms with E-state index in [0.717, 1.165) is 4.90 Å². The summed E-state index contributed by atoms with van der Waals surface area (Å²) >= 11 is 7.38. The van der Waals surface area contributed by atoms with Gasteiger partial charge in [0.1, 0.15) is 0 Å². The first-order valence-corrected chi connectivity index (χ1v) is 5.40. The molecule has 0 bridgehead atoms. The summed E-state index contributed by atoms with van der Waals surface area (Å²) in [6, 6.07) is 9.68. The normalized spacial score (nSPS) is 12.1. The molecule has 1 nitrogen and oxygen atoms in total. The van der Waals surface area contributed by atoms with Crippen LogP contribution in [0.5, 0.6) is 0 Å². The summed E-state index contributed by atoms with van der Waals surface area (Å²) in [5.74, 6) is 0.626. The van der Waals surface area contributed by atoms with Crippen LogP contribution in [0.3, 0.4) is 0 Å². The van der Waals surface area contributed by atoms with E-state index < -0.39 is 0 Å². The zero-order valence-corrected chi connectivity index (χ0v) is 8.90. The van der Waals surface area contributed by atoms with Gasteiger partial charge in [0.05, 0.1) is 11.6 Å². The zero-order chi connectivity index (χ0) is 9.68. The van der Waals surface area contributed by atoms with E-state index >= 15 is 0 Å². The molecule has 0 aliphatic carbocycles. The van der Waals surface area contributed by atoms with Crippen LogP contribution in [0, 0.1) is 11.3 Å². The monoisotopic (exact) mass is 211 g/mol. The maximum Gasteiger partial charge on any atom is 0.0992 e. The molecule has 0 radical (unpaired) electrons. The lowest BCUT2D eigenvalue weighted by atomic mass is 10.2. The highest BCUT2D eigenvalue weighted by molar-refractivity contribution is 8.00. The average molecular weight is 212 g/mol. The molecule has 1 unspecified atom stereocenters. The average Bonchev–Trinajstić information content (AvgIpc) is 2.18. The Labute approximate surface area is 87.7 Å². The minimum Gasteiger partial charge on any atom is -0.192 e. The van der Waals surface area contributed by atoms with Gasteiger partial charge in [-0.2, -0.15) is 5.26 Å². The lowest BCUT2D eigenvalue weighted by molar-refractivity contribution is 1.12. The van der Waals surface area contributed by atoms with E-state index in [2.05, 4.69) is 13.0 Å². The lowest BCUT2D eigenvalue weighted by Gasteiger charge is -2.06. The molecule has 0 amide bonds. The molecule has 0 aliphatic rings. The standard InChI is InChI=1S/C10H10ClNS/c1-8(6-11)13-10-4-2-3-9(5-10)7-12/h2-5,8H,6H2,1H3. The third-order valence-electron chi connectivity index (χ3n) is 1.52. The van der Waals surface area contributed by atoms with Crippen LogP contribution in [-0.4, -0.2) is 11.1 Å². The predicted octanol–water partition coefficient (Wildman–Crippen LogP) is 3.28. The smallest absolute Gasteiger partial charge is 0.0992 e. The molecule has 0 saturated heterocycles. The number of hydrogen-bond acceptors (Lipinski definition) is 2. The van der Waals surface area contributed by atoms with Crippen molar-refractivity contribution >= 4 is 23.4 Å². The minimum atomic E-state index is 0.385. The first-order chi connectivity index (χ1) is 6.26. The molecule has 0 spiro atoms. The van der Waals surface area contributed by atoms with Crippen molar-refractivity contribution < 1.29 is 0 Å². The van der Waals surface area contributed by atoms with Gasteiger partial charge in [-0.05, 0) is 18.2 Å². The van der Waals surface area contributed by atoms with Crippen LogP contribution in [0.4, 0.5) is 0 Å². The summed E-state index contributed by atoms with van der Waals surface area (Å²) in [7, 11) is 0. The fourth-order valence-electron chi connectivity index (χ4n) is 0.903. The molecule has 1 aromatic rings. The molecular weight excluding hydrogens is 202 g/mol. The highest BCUT2D eigenvalue weighted by atomic mass is 35.5. The molecule has 1 atom stereocenters. The number of halogens is 1. The second-order valence-corrected chi connectivity index (χ2v) is 4.54. The van der Waals surface area contributed by atoms with Crippen molar-refractivity contribution in [3.05, 3.63) is 29.8 Å². The number of nitriles is 1. The van der Waals surface area contributed by atoms with Gasteiger partial charge in [0.25, 0.3) is 0 Å². The lowest BCUT2D eigenvalue weighted by Crippen LogP contribution is -1.96. The molecule has 13 heavy (non-hydrogen) atoms. The Bertz CT molecular complexity index is 319. The summed E-state index contributed by atoms with van der Waals surface area (Å²) in [6.07, 6.45) is 0. The van der Waals surface area contributed by atoms with Gasteiger partial charge < -0.3 is 0 Å². The maximum atomic E-state index is 8.67. The summed E-state index contributed by atoms with van der Waals surface area (Å²) in [4.78, 5) is 1.10. The Morgan fingerprint density at radius 3 is 3.00 bits per heavy atom. The van der Waals surface area contributed by atoms with Crippen molar-refractivity contribution in [1.82, 2.24) is 0 Å². The molecule has 0 N–H and O–H groups in total. The van der Waals surface area contributed by atoms with Crippen LogP contribution in [0.25, 0.3) is 0 Å². The summed E-state index contributed by atoms with van der Waals surface area (Å²) < 4.78 is 0. The summed E-state index contributed by atoms with van der Waals surface area (Å²) in [6.45, 7) is 2.07. The molecule has 1 rings (SSSR count). The quantitative estimate of drug-likeness (QED) is 0.566. The first-order valence-electron chi connectivity index (χ1n) is 3.99. The van der Waals surface area contributed by atoms with Crippen LogP contribution in [0.1, 0.15) is 12.5 Å². The van der Waals surface area contributed by atoms with Gasteiger partial charge >= 0.3 is 0 Å². The molecule has 0 fully saturated rings. The first kappa shape index (κ1) is 10.4. The summed E-state index contributed by atoms with van der Waals surface area (Å²) in [5.41, 5.74) is 0.701. The van der Waals surface area contributed by atoms with Crippen molar-refractivity contribution in [3.63, 3.8) is 0 Å². The highest BCUT2D eigenvalue weighted by Gasteiger charge is 2.02.